The number of aryl methyl sites for hydroxylation is 1. The first-order valence-electron chi connectivity index (χ1n) is 10.9. The van der Waals surface area contributed by atoms with Crippen molar-refractivity contribution in [2.45, 2.75) is 19.5 Å². The molecule has 0 fully saturated rings. The highest BCUT2D eigenvalue weighted by Crippen LogP contribution is 2.41. The van der Waals surface area contributed by atoms with Crippen molar-refractivity contribution in [1.82, 2.24) is 4.98 Å². The number of carbonyl (C=O) groups is 1. The summed E-state index contributed by atoms with van der Waals surface area (Å²) >= 11 is 3.10. The second-order valence-electron chi connectivity index (χ2n) is 6.88. The Hall–Kier alpha value is -3.55. The third kappa shape index (κ3) is 6.36. The Kier molecular flexibility index (Phi) is 6.49. The molecule has 6 nitrogen and oxygen atoms in total. The number of ether oxygens (including phenoxy) is 3. The zero-order chi connectivity index (χ0) is 29.3. The van der Waals surface area contributed by atoms with Crippen molar-refractivity contribution in [2.24, 2.45) is 0 Å². The van der Waals surface area contributed by atoms with Crippen LogP contribution in [0, 0.1) is 12.7 Å². The molecule has 1 heterocycles. The van der Waals surface area contributed by atoms with Gasteiger partial charge >= 0.3 is 12.5 Å². The number of nitrogens with zero attached hydrogens (tertiary/aromatic N) is 1. The lowest BCUT2D eigenvalue weighted by molar-refractivity contribution is -0.274. The summed E-state index contributed by atoms with van der Waals surface area (Å²) in [4.78, 5) is 17.0. The van der Waals surface area contributed by atoms with Gasteiger partial charge in [0.1, 0.15) is 21.7 Å². The maximum absolute atomic E-state index is 15.1. The van der Waals surface area contributed by atoms with Gasteiger partial charge in [-0.25, -0.2) is 9.37 Å². The molecular weight excluding hydrogens is 569 g/mol. The number of amides is 1. The Bertz CT molecular complexity index is 1400. The second-order valence-corrected chi connectivity index (χ2v) is 7.69. The lowest BCUT2D eigenvalue weighted by Crippen LogP contribution is -2.19. The van der Waals surface area contributed by atoms with Crippen LogP contribution < -0.4 is 19.5 Å². The molecule has 36 heavy (non-hydrogen) atoms. The summed E-state index contributed by atoms with van der Waals surface area (Å²) < 4.78 is 129. The zero-order valence-electron chi connectivity index (χ0n) is 20.6. The number of hydrogen-bond donors (Lipinski definition) is 1. The van der Waals surface area contributed by atoms with Gasteiger partial charge in [-0.2, -0.15) is 13.2 Å². The largest absolute Gasteiger partial charge is 0.573 e. The van der Waals surface area contributed by atoms with E-state index in [9.17, 15) is 31.1 Å². The Balaban J connectivity index is 2.12. The minimum Gasteiger partial charge on any atom is -0.493 e. The molecule has 0 aliphatic heterocycles. The van der Waals surface area contributed by atoms with Crippen LogP contribution in [0.25, 0.3) is 0 Å². The highest BCUT2D eigenvalue weighted by molar-refractivity contribution is 9.10. The summed E-state index contributed by atoms with van der Waals surface area (Å²) in [5.41, 5.74) is -2.85. The molecule has 1 amide bonds. The van der Waals surface area contributed by atoms with Crippen molar-refractivity contribution in [3.8, 4) is 23.0 Å². The smallest absolute Gasteiger partial charge is 0.493 e. The first-order chi connectivity index (χ1) is 17.8. The molecule has 0 aliphatic carbocycles. The number of aromatic nitrogens is 1. The molecule has 0 atom stereocenters. The van der Waals surface area contributed by atoms with Gasteiger partial charge in [0.25, 0.3) is 5.91 Å². The third-order valence-electron chi connectivity index (χ3n) is 4.41. The molecule has 0 radical (unpaired) electrons. The van der Waals surface area contributed by atoms with Gasteiger partial charge < -0.3 is 19.5 Å². The number of benzene rings is 2. The number of rotatable bonds is 6. The van der Waals surface area contributed by atoms with Crippen LogP contribution in [0.1, 0.15) is 25.7 Å². The summed E-state index contributed by atoms with van der Waals surface area (Å²) in [5.74, 6) is -6.78. The number of carbonyl (C=O) groups excluding carboxylic acids is 1. The second kappa shape index (κ2) is 10.2. The van der Waals surface area contributed by atoms with Gasteiger partial charge in [0.05, 0.1) is 28.1 Å². The van der Waals surface area contributed by atoms with E-state index >= 15 is 4.39 Å². The number of hydrogen-bond acceptors (Lipinski definition) is 5. The minimum absolute atomic E-state index is 0.00559. The average molecular weight is 586 g/mol. The van der Waals surface area contributed by atoms with Gasteiger partial charge in [0.15, 0.2) is 17.3 Å². The van der Waals surface area contributed by atoms with Crippen LogP contribution in [0.2, 0.25) is 0 Å². The first kappa shape index (κ1) is 22.9. The van der Waals surface area contributed by atoms with Crippen molar-refractivity contribution in [2.75, 3.05) is 12.4 Å². The number of halogens is 8. The molecule has 3 aromatic rings. The SMILES string of the molecule is [2H]C([2H])([2H])Oc1cc(OC(F)(F)F)ccc1Oc1ccc(C(F)(F)F)c(F)c1C(=O)Nc1ccc(Br)nc1C. The number of methoxy groups -OCH3 is 1. The molecule has 0 unspecified atom stereocenters. The fourth-order valence-electron chi connectivity index (χ4n) is 2.89. The van der Waals surface area contributed by atoms with Crippen molar-refractivity contribution in [1.29, 1.82) is 0 Å². The van der Waals surface area contributed by atoms with Crippen molar-refractivity contribution in [3.05, 3.63) is 69.7 Å². The molecule has 0 spiro atoms. The van der Waals surface area contributed by atoms with E-state index in [0.717, 1.165) is 6.07 Å². The zero-order valence-corrected chi connectivity index (χ0v) is 19.2. The van der Waals surface area contributed by atoms with Crippen molar-refractivity contribution >= 4 is 27.5 Å². The molecule has 1 N–H and O–H groups in total. The minimum atomic E-state index is -5.22. The first-order valence-corrected chi connectivity index (χ1v) is 10.2. The van der Waals surface area contributed by atoms with Crippen molar-refractivity contribution < 1.29 is 53.9 Å². The summed E-state index contributed by atoms with van der Waals surface area (Å²) in [5, 5.41) is 2.21. The van der Waals surface area contributed by atoms with Gasteiger partial charge in [-0.3, -0.25) is 4.79 Å². The van der Waals surface area contributed by atoms with E-state index in [-0.39, 0.29) is 17.4 Å². The fraction of sp³-hybridized carbons (Fsp3) is 0.182. The van der Waals surface area contributed by atoms with Crippen LogP contribution in [0.3, 0.4) is 0 Å². The number of nitrogens with one attached hydrogen (secondary N) is 1. The van der Waals surface area contributed by atoms with Gasteiger partial charge in [0, 0.05) is 6.07 Å². The van der Waals surface area contributed by atoms with E-state index in [0.29, 0.717) is 22.8 Å². The Morgan fingerprint density at radius 1 is 1.03 bits per heavy atom. The standard InChI is InChI=1S/C22H14BrF7N2O4/c1-10-13(5-8-17(23)31-10)32-20(33)18-15(7-4-12(19(18)24)21(25,26)27)35-14-6-3-11(9-16(14)34-2)36-22(28,29)30/h3-9H,1-2H3,(H,32,33)/i2D3. The monoisotopic (exact) mass is 585 g/mol. The molecule has 0 saturated carbocycles. The third-order valence-corrected chi connectivity index (χ3v) is 4.86. The van der Waals surface area contributed by atoms with E-state index < -0.39 is 65.4 Å². The maximum Gasteiger partial charge on any atom is 0.573 e. The van der Waals surface area contributed by atoms with E-state index in [1.165, 1.54) is 19.1 Å². The van der Waals surface area contributed by atoms with Crippen LogP contribution in [-0.2, 0) is 6.18 Å². The number of anilines is 1. The van der Waals surface area contributed by atoms with E-state index in [4.69, 9.17) is 8.85 Å². The number of pyridine rings is 1. The van der Waals surface area contributed by atoms with E-state index in [1.807, 2.05) is 0 Å². The highest BCUT2D eigenvalue weighted by atomic mass is 79.9. The van der Waals surface area contributed by atoms with Gasteiger partial charge in [-0.15, -0.1) is 13.2 Å². The quantitative estimate of drug-likeness (QED) is 0.243. The summed E-state index contributed by atoms with van der Waals surface area (Å²) in [6, 6.07) is 5.44. The highest BCUT2D eigenvalue weighted by Gasteiger charge is 2.38. The number of alkyl halides is 6. The van der Waals surface area contributed by atoms with E-state index in [2.05, 4.69) is 35.7 Å². The lowest BCUT2D eigenvalue weighted by atomic mass is 10.1. The summed E-state index contributed by atoms with van der Waals surface area (Å²) in [6.07, 6.45) is -10.4. The Labute approximate surface area is 211 Å². The molecule has 0 bridgehead atoms. The van der Waals surface area contributed by atoms with Gasteiger partial charge in [0.2, 0.25) is 0 Å². The summed E-state index contributed by atoms with van der Waals surface area (Å²) in [6.45, 7) is 1.45. The Morgan fingerprint density at radius 2 is 1.72 bits per heavy atom. The van der Waals surface area contributed by atoms with Crippen LogP contribution >= 0.6 is 15.9 Å². The topological polar surface area (TPSA) is 69.7 Å². The van der Waals surface area contributed by atoms with Crippen molar-refractivity contribution in [3.63, 3.8) is 0 Å². The molecule has 192 valence electrons. The van der Waals surface area contributed by atoms with Crippen LogP contribution in [0.4, 0.5) is 36.4 Å². The molecule has 3 rings (SSSR count). The van der Waals surface area contributed by atoms with Crippen LogP contribution in [0.5, 0.6) is 23.0 Å². The van der Waals surface area contributed by atoms with E-state index in [1.54, 1.807) is 0 Å². The van der Waals surface area contributed by atoms with Crippen LogP contribution in [0.15, 0.2) is 47.1 Å². The van der Waals surface area contributed by atoms with Crippen LogP contribution in [-0.4, -0.2) is 24.3 Å². The van der Waals surface area contributed by atoms with Gasteiger partial charge in [-0.05, 0) is 59.3 Å². The fourth-order valence-corrected chi connectivity index (χ4v) is 3.29. The maximum atomic E-state index is 15.1. The normalized spacial score (nSPS) is 13.3. The summed E-state index contributed by atoms with van der Waals surface area (Å²) in [7, 11) is -3.23. The predicted molar refractivity (Wildman–Crippen MR) is 116 cm³/mol. The molecule has 1 aromatic heterocycles. The van der Waals surface area contributed by atoms with Gasteiger partial charge in [-0.1, -0.05) is 0 Å². The molecule has 2 aromatic carbocycles. The Morgan fingerprint density at radius 3 is 2.33 bits per heavy atom. The average Bonchev–Trinajstić information content (AvgIpc) is 2.74. The molecule has 14 heteroatoms. The predicted octanol–water partition coefficient (Wildman–Crippen LogP) is 7.26. The molecule has 0 saturated heterocycles. The molecule has 0 aliphatic rings. The molecular formula is C22H14BrF7N2O4. The lowest BCUT2D eigenvalue weighted by Gasteiger charge is -2.18.